The smallest absolute Gasteiger partial charge is 0.0317 e. The standard InChI is InChI=1S/C18H23N/c1-3-14-19-18(4-2)17-12-10-16(11-13-17)15-8-6-5-7-9-15/h5-13,18-19H,3-4,14H2,1-2H3. The number of rotatable bonds is 6. The van der Waals surface area contributed by atoms with E-state index in [0.29, 0.717) is 6.04 Å². The van der Waals surface area contributed by atoms with Gasteiger partial charge in [-0.05, 0) is 36.1 Å². The van der Waals surface area contributed by atoms with Gasteiger partial charge in [-0.15, -0.1) is 0 Å². The van der Waals surface area contributed by atoms with Crippen LogP contribution < -0.4 is 5.32 Å². The van der Waals surface area contributed by atoms with E-state index in [0.717, 1.165) is 13.0 Å². The zero-order chi connectivity index (χ0) is 13.5. The van der Waals surface area contributed by atoms with Crippen molar-refractivity contribution in [2.75, 3.05) is 6.54 Å². The molecular formula is C18H23N. The highest BCUT2D eigenvalue weighted by molar-refractivity contribution is 5.63. The van der Waals surface area contributed by atoms with E-state index in [2.05, 4.69) is 73.8 Å². The van der Waals surface area contributed by atoms with E-state index in [9.17, 15) is 0 Å². The summed E-state index contributed by atoms with van der Waals surface area (Å²) in [4.78, 5) is 0. The zero-order valence-electron chi connectivity index (χ0n) is 11.9. The Labute approximate surface area is 116 Å². The van der Waals surface area contributed by atoms with E-state index in [1.165, 1.54) is 23.1 Å². The van der Waals surface area contributed by atoms with Gasteiger partial charge in [0.15, 0.2) is 0 Å². The normalized spacial score (nSPS) is 12.3. The summed E-state index contributed by atoms with van der Waals surface area (Å²) in [5.41, 5.74) is 3.95. The fraction of sp³-hybridized carbons (Fsp3) is 0.333. The van der Waals surface area contributed by atoms with Crippen LogP contribution in [0.1, 0.15) is 38.3 Å². The maximum atomic E-state index is 3.59. The quantitative estimate of drug-likeness (QED) is 0.779. The molecule has 2 rings (SSSR count). The summed E-state index contributed by atoms with van der Waals surface area (Å²) in [6.45, 7) is 5.52. The topological polar surface area (TPSA) is 12.0 Å². The maximum Gasteiger partial charge on any atom is 0.0317 e. The maximum absolute atomic E-state index is 3.59. The Hall–Kier alpha value is -1.60. The van der Waals surface area contributed by atoms with Gasteiger partial charge in [-0.3, -0.25) is 0 Å². The van der Waals surface area contributed by atoms with E-state index in [1.54, 1.807) is 0 Å². The van der Waals surface area contributed by atoms with Crippen molar-refractivity contribution in [1.82, 2.24) is 5.32 Å². The molecular weight excluding hydrogens is 230 g/mol. The number of nitrogens with one attached hydrogen (secondary N) is 1. The highest BCUT2D eigenvalue weighted by Crippen LogP contribution is 2.23. The number of benzene rings is 2. The van der Waals surface area contributed by atoms with Gasteiger partial charge >= 0.3 is 0 Å². The molecule has 0 saturated carbocycles. The molecule has 1 atom stereocenters. The van der Waals surface area contributed by atoms with E-state index >= 15 is 0 Å². The summed E-state index contributed by atoms with van der Waals surface area (Å²) in [5, 5.41) is 3.59. The Balaban J connectivity index is 2.13. The molecule has 0 aliphatic carbocycles. The molecule has 1 heteroatoms. The molecule has 1 N–H and O–H groups in total. The molecule has 0 heterocycles. The molecule has 1 unspecified atom stereocenters. The van der Waals surface area contributed by atoms with Gasteiger partial charge in [0.05, 0.1) is 0 Å². The van der Waals surface area contributed by atoms with Crippen molar-refractivity contribution in [1.29, 1.82) is 0 Å². The van der Waals surface area contributed by atoms with Gasteiger partial charge in [0.25, 0.3) is 0 Å². The summed E-state index contributed by atoms with van der Waals surface area (Å²) >= 11 is 0. The Morgan fingerprint density at radius 2 is 1.47 bits per heavy atom. The second-order valence-electron chi connectivity index (χ2n) is 4.90. The van der Waals surface area contributed by atoms with Crippen LogP contribution in [0.25, 0.3) is 11.1 Å². The average molecular weight is 253 g/mol. The first-order valence-electron chi connectivity index (χ1n) is 7.24. The fourth-order valence-electron chi connectivity index (χ4n) is 2.35. The fourth-order valence-corrected chi connectivity index (χ4v) is 2.35. The third-order valence-electron chi connectivity index (χ3n) is 3.47. The lowest BCUT2D eigenvalue weighted by Crippen LogP contribution is -2.21. The van der Waals surface area contributed by atoms with Crippen molar-refractivity contribution in [3.63, 3.8) is 0 Å². The molecule has 100 valence electrons. The average Bonchev–Trinajstić information content (AvgIpc) is 2.49. The van der Waals surface area contributed by atoms with Gasteiger partial charge in [0.1, 0.15) is 0 Å². The first-order chi connectivity index (χ1) is 9.35. The molecule has 0 saturated heterocycles. The van der Waals surface area contributed by atoms with Crippen LogP contribution in [-0.4, -0.2) is 6.54 Å². The van der Waals surface area contributed by atoms with E-state index in [-0.39, 0.29) is 0 Å². The van der Waals surface area contributed by atoms with E-state index < -0.39 is 0 Å². The monoisotopic (exact) mass is 253 g/mol. The Morgan fingerprint density at radius 3 is 2.05 bits per heavy atom. The van der Waals surface area contributed by atoms with Crippen LogP contribution in [0.4, 0.5) is 0 Å². The first kappa shape index (κ1) is 13.8. The van der Waals surface area contributed by atoms with Crippen LogP contribution >= 0.6 is 0 Å². The molecule has 0 radical (unpaired) electrons. The lowest BCUT2D eigenvalue weighted by Gasteiger charge is -2.17. The Morgan fingerprint density at radius 1 is 0.842 bits per heavy atom. The van der Waals surface area contributed by atoms with E-state index in [4.69, 9.17) is 0 Å². The SMILES string of the molecule is CCCNC(CC)c1ccc(-c2ccccc2)cc1. The minimum Gasteiger partial charge on any atom is -0.310 e. The van der Waals surface area contributed by atoms with Crippen molar-refractivity contribution in [2.45, 2.75) is 32.7 Å². The van der Waals surface area contributed by atoms with Crippen LogP contribution in [0.3, 0.4) is 0 Å². The van der Waals surface area contributed by atoms with Crippen LogP contribution in [-0.2, 0) is 0 Å². The van der Waals surface area contributed by atoms with Crippen molar-refractivity contribution in [2.24, 2.45) is 0 Å². The minimum absolute atomic E-state index is 0.477. The molecule has 0 aliphatic heterocycles. The largest absolute Gasteiger partial charge is 0.310 e. The lowest BCUT2D eigenvalue weighted by molar-refractivity contribution is 0.518. The molecule has 2 aromatic carbocycles. The summed E-state index contributed by atoms with van der Waals surface area (Å²) in [6, 6.07) is 20.0. The number of hydrogen-bond acceptors (Lipinski definition) is 1. The molecule has 2 aromatic rings. The summed E-state index contributed by atoms with van der Waals surface area (Å²) < 4.78 is 0. The Kier molecular flexibility index (Phi) is 5.17. The van der Waals surface area contributed by atoms with E-state index in [1.807, 2.05) is 0 Å². The van der Waals surface area contributed by atoms with Gasteiger partial charge < -0.3 is 5.32 Å². The van der Waals surface area contributed by atoms with Gasteiger partial charge in [-0.25, -0.2) is 0 Å². The minimum atomic E-state index is 0.477. The first-order valence-corrected chi connectivity index (χ1v) is 7.24. The van der Waals surface area contributed by atoms with Crippen LogP contribution in [0.5, 0.6) is 0 Å². The van der Waals surface area contributed by atoms with Crippen molar-refractivity contribution in [3.05, 3.63) is 60.2 Å². The van der Waals surface area contributed by atoms with Crippen molar-refractivity contribution >= 4 is 0 Å². The van der Waals surface area contributed by atoms with Crippen molar-refractivity contribution < 1.29 is 0 Å². The summed E-state index contributed by atoms with van der Waals surface area (Å²) in [7, 11) is 0. The van der Waals surface area contributed by atoms with Gasteiger partial charge in [0, 0.05) is 6.04 Å². The van der Waals surface area contributed by atoms with Crippen molar-refractivity contribution in [3.8, 4) is 11.1 Å². The second kappa shape index (κ2) is 7.10. The molecule has 0 aliphatic rings. The Bertz CT molecular complexity index is 473. The molecule has 19 heavy (non-hydrogen) atoms. The predicted molar refractivity (Wildman–Crippen MR) is 83.2 cm³/mol. The molecule has 1 nitrogen and oxygen atoms in total. The third-order valence-corrected chi connectivity index (χ3v) is 3.47. The number of hydrogen-bond donors (Lipinski definition) is 1. The molecule has 0 aromatic heterocycles. The molecule has 0 fully saturated rings. The highest BCUT2D eigenvalue weighted by Gasteiger charge is 2.07. The van der Waals surface area contributed by atoms with Crippen LogP contribution in [0, 0.1) is 0 Å². The van der Waals surface area contributed by atoms with Crippen LogP contribution in [0.15, 0.2) is 54.6 Å². The van der Waals surface area contributed by atoms with Crippen LogP contribution in [0.2, 0.25) is 0 Å². The van der Waals surface area contributed by atoms with Gasteiger partial charge in [-0.1, -0.05) is 68.4 Å². The molecule has 0 spiro atoms. The van der Waals surface area contributed by atoms with Gasteiger partial charge in [-0.2, -0.15) is 0 Å². The highest BCUT2D eigenvalue weighted by atomic mass is 14.9. The predicted octanol–water partition coefficient (Wildman–Crippen LogP) is 4.80. The third kappa shape index (κ3) is 3.68. The second-order valence-corrected chi connectivity index (χ2v) is 4.90. The molecule has 0 amide bonds. The lowest BCUT2D eigenvalue weighted by atomic mass is 9.99. The zero-order valence-corrected chi connectivity index (χ0v) is 11.9. The summed E-state index contributed by atoms with van der Waals surface area (Å²) in [5.74, 6) is 0. The van der Waals surface area contributed by atoms with Gasteiger partial charge in [0.2, 0.25) is 0 Å². The molecule has 0 bridgehead atoms. The summed E-state index contributed by atoms with van der Waals surface area (Å²) in [6.07, 6.45) is 2.31.